The van der Waals surface area contributed by atoms with Crippen molar-refractivity contribution >= 4 is 15.9 Å². The largest absolute Gasteiger partial charge is 0.380 e. The maximum atomic E-state index is 11.9. The van der Waals surface area contributed by atoms with Crippen molar-refractivity contribution in [1.29, 1.82) is 0 Å². The van der Waals surface area contributed by atoms with Gasteiger partial charge in [-0.25, -0.2) is 13.1 Å². The summed E-state index contributed by atoms with van der Waals surface area (Å²) in [5.74, 6) is -0.210. The molecule has 20 heavy (non-hydrogen) atoms. The van der Waals surface area contributed by atoms with Gasteiger partial charge in [0.1, 0.15) is 5.60 Å². The van der Waals surface area contributed by atoms with Crippen molar-refractivity contribution in [3.8, 4) is 0 Å². The molecule has 1 amide bonds. The van der Waals surface area contributed by atoms with E-state index < -0.39 is 15.6 Å². The van der Waals surface area contributed by atoms with Crippen molar-refractivity contribution < 1.29 is 18.3 Å². The van der Waals surface area contributed by atoms with Gasteiger partial charge in [0, 0.05) is 12.6 Å². The SMILES string of the molecule is CS(=O)(=O)NC1CCCCC1CNC(=O)C1(O)CCC1. The minimum absolute atomic E-state index is 0.103. The summed E-state index contributed by atoms with van der Waals surface area (Å²) in [7, 11) is -3.23. The molecule has 3 N–H and O–H groups in total. The molecule has 7 heteroatoms. The van der Waals surface area contributed by atoms with Crippen LogP contribution in [0.3, 0.4) is 0 Å². The van der Waals surface area contributed by atoms with Crippen LogP contribution in [0.2, 0.25) is 0 Å². The summed E-state index contributed by atoms with van der Waals surface area (Å²) in [6, 6.07) is -0.116. The van der Waals surface area contributed by atoms with Crippen LogP contribution < -0.4 is 10.0 Å². The van der Waals surface area contributed by atoms with Crippen LogP contribution in [-0.2, 0) is 14.8 Å². The van der Waals surface area contributed by atoms with Crippen LogP contribution in [-0.4, -0.2) is 43.9 Å². The highest BCUT2D eigenvalue weighted by Gasteiger charge is 2.42. The summed E-state index contributed by atoms with van der Waals surface area (Å²) < 4.78 is 25.4. The number of sulfonamides is 1. The van der Waals surface area contributed by atoms with Gasteiger partial charge in [-0.3, -0.25) is 4.79 Å². The van der Waals surface area contributed by atoms with Gasteiger partial charge in [0.2, 0.25) is 10.0 Å². The number of hydrogen-bond donors (Lipinski definition) is 3. The number of aliphatic hydroxyl groups is 1. The first-order valence-corrected chi connectivity index (χ1v) is 9.17. The lowest BCUT2D eigenvalue weighted by Crippen LogP contribution is -2.54. The van der Waals surface area contributed by atoms with E-state index in [0.717, 1.165) is 38.4 Å². The zero-order chi connectivity index (χ0) is 14.8. The third-order valence-electron chi connectivity index (χ3n) is 4.40. The molecule has 2 saturated carbocycles. The van der Waals surface area contributed by atoms with Gasteiger partial charge in [-0.05, 0) is 38.0 Å². The normalized spacial score (nSPS) is 29.5. The second-order valence-electron chi connectivity index (χ2n) is 6.14. The molecule has 0 radical (unpaired) electrons. The molecule has 0 aromatic rings. The second-order valence-corrected chi connectivity index (χ2v) is 7.92. The Kier molecular flexibility index (Phi) is 4.71. The Morgan fingerprint density at radius 2 is 1.90 bits per heavy atom. The molecule has 2 aliphatic carbocycles. The molecule has 2 unspecified atom stereocenters. The summed E-state index contributed by atoms with van der Waals surface area (Å²) >= 11 is 0. The van der Waals surface area contributed by atoms with Gasteiger partial charge >= 0.3 is 0 Å². The number of carbonyl (C=O) groups is 1. The van der Waals surface area contributed by atoms with E-state index in [0.29, 0.717) is 19.4 Å². The molecule has 0 bridgehead atoms. The molecule has 0 saturated heterocycles. The van der Waals surface area contributed by atoms with Crippen LogP contribution in [0, 0.1) is 5.92 Å². The first kappa shape index (κ1) is 15.7. The summed E-state index contributed by atoms with van der Waals surface area (Å²) in [5.41, 5.74) is -1.19. The standard InChI is InChI=1S/C13H24N2O4S/c1-20(18,19)15-11-6-3-2-5-10(11)9-14-12(16)13(17)7-4-8-13/h10-11,15,17H,2-9H2,1H3,(H,14,16). The number of hydrogen-bond acceptors (Lipinski definition) is 4. The minimum Gasteiger partial charge on any atom is -0.380 e. The first-order chi connectivity index (χ1) is 9.30. The summed E-state index contributed by atoms with van der Waals surface area (Å²) in [6.07, 6.45) is 6.83. The fourth-order valence-electron chi connectivity index (χ4n) is 3.01. The predicted molar refractivity (Wildman–Crippen MR) is 75.5 cm³/mol. The first-order valence-electron chi connectivity index (χ1n) is 7.28. The Morgan fingerprint density at radius 1 is 1.25 bits per heavy atom. The van der Waals surface area contributed by atoms with Gasteiger partial charge < -0.3 is 10.4 Å². The average Bonchev–Trinajstić information content (AvgIpc) is 2.32. The fraction of sp³-hybridized carbons (Fsp3) is 0.923. The molecule has 2 rings (SSSR count). The molecule has 2 atom stereocenters. The van der Waals surface area contributed by atoms with Gasteiger partial charge in [0.25, 0.3) is 5.91 Å². The molecule has 116 valence electrons. The topological polar surface area (TPSA) is 95.5 Å². The highest BCUT2D eigenvalue weighted by Crippen LogP contribution is 2.32. The van der Waals surface area contributed by atoms with Crippen molar-refractivity contribution in [2.75, 3.05) is 12.8 Å². The monoisotopic (exact) mass is 304 g/mol. The third-order valence-corrected chi connectivity index (χ3v) is 5.13. The molecule has 0 heterocycles. The Morgan fingerprint density at radius 3 is 2.45 bits per heavy atom. The highest BCUT2D eigenvalue weighted by molar-refractivity contribution is 7.88. The molecule has 2 fully saturated rings. The summed E-state index contributed by atoms with van der Waals surface area (Å²) in [4.78, 5) is 11.9. The van der Waals surface area contributed by atoms with Gasteiger partial charge in [0.15, 0.2) is 0 Å². The molecule has 6 nitrogen and oxygen atoms in total. The molecule has 0 aromatic heterocycles. The van der Waals surface area contributed by atoms with Crippen LogP contribution in [0.1, 0.15) is 44.9 Å². The van der Waals surface area contributed by atoms with E-state index in [4.69, 9.17) is 0 Å². The quantitative estimate of drug-likeness (QED) is 0.672. The molecule has 2 aliphatic rings. The van der Waals surface area contributed by atoms with Crippen LogP contribution >= 0.6 is 0 Å². The molecule has 0 spiro atoms. The van der Waals surface area contributed by atoms with E-state index in [1.54, 1.807) is 0 Å². The fourth-order valence-corrected chi connectivity index (χ4v) is 3.87. The number of nitrogens with one attached hydrogen (secondary N) is 2. The number of carbonyl (C=O) groups excluding carboxylic acids is 1. The Hall–Kier alpha value is -0.660. The van der Waals surface area contributed by atoms with E-state index in [2.05, 4.69) is 10.0 Å². The lowest BCUT2D eigenvalue weighted by Gasteiger charge is -2.36. The lowest BCUT2D eigenvalue weighted by atomic mass is 9.79. The van der Waals surface area contributed by atoms with Crippen molar-refractivity contribution in [3.63, 3.8) is 0 Å². The van der Waals surface area contributed by atoms with E-state index in [1.807, 2.05) is 0 Å². The minimum atomic E-state index is -3.23. The lowest BCUT2D eigenvalue weighted by molar-refractivity contribution is -0.148. The van der Waals surface area contributed by atoms with Crippen LogP contribution in [0.15, 0.2) is 0 Å². The average molecular weight is 304 g/mol. The maximum absolute atomic E-state index is 11.9. The molecule has 0 aliphatic heterocycles. The summed E-state index contributed by atoms with van der Waals surface area (Å²) in [6.45, 7) is 0.425. The van der Waals surface area contributed by atoms with E-state index in [-0.39, 0.29) is 17.9 Å². The van der Waals surface area contributed by atoms with Gasteiger partial charge in [-0.2, -0.15) is 0 Å². The zero-order valence-electron chi connectivity index (χ0n) is 11.9. The third kappa shape index (κ3) is 3.93. The maximum Gasteiger partial charge on any atom is 0.251 e. The van der Waals surface area contributed by atoms with Crippen molar-refractivity contribution in [2.45, 2.75) is 56.6 Å². The van der Waals surface area contributed by atoms with Crippen LogP contribution in [0.5, 0.6) is 0 Å². The van der Waals surface area contributed by atoms with Crippen molar-refractivity contribution in [2.24, 2.45) is 5.92 Å². The van der Waals surface area contributed by atoms with E-state index in [9.17, 15) is 18.3 Å². The van der Waals surface area contributed by atoms with Gasteiger partial charge in [-0.15, -0.1) is 0 Å². The van der Waals surface area contributed by atoms with E-state index >= 15 is 0 Å². The van der Waals surface area contributed by atoms with Gasteiger partial charge in [0.05, 0.1) is 6.26 Å². The Bertz CT molecular complexity index is 459. The van der Waals surface area contributed by atoms with Crippen molar-refractivity contribution in [3.05, 3.63) is 0 Å². The van der Waals surface area contributed by atoms with Crippen molar-refractivity contribution in [1.82, 2.24) is 10.0 Å². The van der Waals surface area contributed by atoms with E-state index in [1.165, 1.54) is 0 Å². The zero-order valence-corrected chi connectivity index (χ0v) is 12.7. The molecule has 0 aromatic carbocycles. The molecular weight excluding hydrogens is 280 g/mol. The number of rotatable bonds is 5. The Labute approximate surface area is 120 Å². The van der Waals surface area contributed by atoms with Crippen LogP contribution in [0.25, 0.3) is 0 Å². The molecular formula is C13H24N2O4S. The summed E-state index contributed by atoms with van der Waals surface area (Å²) in [5, 5.41) is 12.7. The smallest absolute Gasteiger partial charge is 0.251 e. The van der Waals surface area contributed by atoms with Crippen LogP contribution in [0.4, 0.5) is 0 Å². The Balaban J connectivity index is 1.87. The highest BCUT2D eigenvalue weighted by atomic mass is 32.2. The van der Waals surface area contributed by atoms with Gasteiger partial charge in [-0.1, -0.05) is 12.8 Å². The predicted octanol–water partition coefficient (Wildman–Crippen LogP) is 0.126. The number of amides is 1. The second kappa shape index (κ2) is 5.99.